The second-order valence-electron chi connectivity index (χ2n) is 6.37. The molecule has 2 amide bonds. The lowest BCUT2D eigenvalue weighted by atomic mass is 9.87. The summed E-state index contributed by atoms with van der Waals surface area (Å²) in [6, 6.07) is 5.61. The SMILES string of the molecule is C=C(S/C(=C/C(N)=O)NC(=O)c1ccccc1F)SN1CC(C)(C)C1. The highest BCUT2D eigenvalue weighted by molar-refractivity contribution is 8.23. The molecular weight excluding hydrogens is 361 g/mol. The highest BCUT2D eigenvalue weighted by atomic mass is 32.2. The number of nitrogens with one attached hydrogen (secondary N) is 1. The van der Waals surface area contributed by atoms with Crippen LogP contribution in [0.1, 0.15) is 24.2 Å². The largest absolute Gasteiger partial charge is 0.366 e. The standard InChI is InChI=1S/C17H20FN3O2S2/c1-11(25-21-9-17(2,3)10-21)24-15(8-14(19)22)20-16(23)12-6-4-5-7-13(12)18/h4-8H,1,9-10H2,2-3H3,(H2,19,22)(H,20,23)/b15-8+. The highest BCUT2D eigenvalue weighted by Gasteiger charge is 2.35. The van der Waals surface area contributed by atoms with E-state index in [4.69, 9.17) is 5.73 Å². The minimum Gasteiger partial charge on any atom is -0.366 e. The second kappa shape index (κ2) is 8.07. The molecule has 1 aliphatic heterocycles. The van der Waals surface area contributed by atoms with Gasteiger partial charge in [-0.3, -0.25) is 9.59 Å². The maximum atomic E-state index is 13.7. The van der Waals surface area contributed by atoms with Crippen LogP contribution in [0.4, 0.5) is 4.39 Å². The van der Waals surface area contributed by atoms with Gasteiger partial charge in [0, 0.05) is 19.2 Å². The molecule has 3 N–H and O–H groups in total. The van der Waals surface area contributed by atoms with Crippen molar-refractivity contribution in [3.05, 3.63) is 57.6 Å². The summed E-state index contributed by atoms with van der Waals surface area (Å²) in [7, 11) is 0. The van der Waals surface area contributed by atoms with E-state index in [0.717, 1.165) is 30.9 Å². The number of thioether (sulfide) groups is 1. The van der Waals surface area contributed by atoms with E-state index in [2.05, 4.69) is 30.0 Å². The number of nitrogens with two attached hydrogens (primary N) is 1. The van der Waals surface area contributed by atoms with Crippen LogP contribution in [0.5, 0.6) is 0 Å². The molecule has 5 nitrogen and oxygen atoms in total. The average molecular weight is 381 g/mol. The number of benzene rings is 1. The molecule has 0 spiro atoms. The molecule has 25 heavy (non-hydrogen) atoms. The van der Waals surface area contributed by atoms with Gasteiger partial charge in [-0.05, 0) is 29.5 Å². The Morgan fingerprint density at radius 3 is 2.56 bits per heavy atom. The fourth-order valence-corrected chi connectivity index (χ4v) is 4.72. The van der Waals surface area contributed by atoms with E-state index >= 15 is 0 Å². The Morgan fingerprint density at radius 1 is 1.36 bits per heavy atom. The van der Waals surface area contributed by atoms with Crippen molar-refractivity contribution in [3.63, 3.8) is 0 Å². The Kier molecular flexibility index (Phi) is 6.31. The van der Waals surface area contributed by atoms with Crippen molar-refractivity contribution in [2.24, 2.45) is 11.1 Å². The molecule has 1 saturated heterocycles. The van der Waals surface area contributed by atoms with E-state index in [1.165, 1.54) is 30.1 Å². The van der Waals surface area contributed by atoms with Gasteiger partial charge >= 0.3 is 0 Å². The van der Waals surface area contributed by atoms with Crippen molar-refractivity contribution in [2.45, 2.75) is 13.8 Å². The van der Waals surface area contributed by atoms with Crippen LogP contribution in [0.3, 0.4) is 0 Å². The summed E-state index contributed by atoms with van der Waals surface area (Å²) in [6.45, 7) is 10.1. The van der Waals surface area contributed by atoms with Gasteiger partial charge in [-0.15, -0.1) is 0 Å². The van der Waals surface area contributed by atoms with E-state index in [1.54, 1.807) is 6.07 Å². The van der Waals surface area contributed by atoms with E-state index in [0.29, 0.717) is 4.24 Å². The van der Waals surface area contributed by atoms with Gasteiger partial charge < -0.3 is 11.1 Å². The van der Waals surface area contributed by atoms with E-state index in [-0.39, 0.29) is 16.0 Å². The van der Waals surface area contributed by atoms with Crippen LogP contribution in [0.25, 0.3) is 0 Å². The topological polar surface area (TPSA) is 75.4 Å². The first kappa shape index (κ1) is 19.6. The fraction of sp³-hybridized carbons (Fsp3) is 0.294. The Morgan fingerprint density at radius 2 is 2.00 bits per heavy atom. The lowest BCUT2D eigenvalue weighted by Gasteiger charge is -2.44. The van der Waals surface area contributed by atoms with Gasteiger partial charge in [-0.2, -0.15) is 0 Å². The predicted molar refractivity (Wildman–Crippen MR) is 101 cm³/mol. The summed E-state index contributed by atoms with van der Waals surface area (Å²) in [5.41, 5.74) is 5.36. The van der Waals surface area contributed by atoms with Crippen LogP contribution in [0.2, 0.25) is 0 Å². The molecular formula is C17H20FN3O2S2. The molecule has 0 aliphatic carbocycles. The zero-order valence-corrected chi connectivity index (χ0v) is 15.7. The number of halogens is 1. The van der Waals surface area contributed by atoms with Gasteiger partial charge in [-0.1, -0.05) is 44.3 Å². The molecule has 1 fully saturated rings. The summed E-state index contributed by atoms with van der Waals surface area (Å²) < 4.78 is 16.5. The Labute approximate surface area is 155 Å². The summed E-state index contributed by atoms with van der Waals surface area (Å²) in [6.07, 6.45) is 1.09. The number of hydrogen-bond donors (Lipinski definition) is 2. The molecule has 8 heteroatoms. The number of nitrogens with zero attached hydrogens (tertiary/aromatic N) is 1. The van der Waals surface area contributed by atoms with Crippen LogP contribution in [-0.4, -0.2) is 29.2 Å². The van der Waals surface area contributed by atoms with Crippen molar-refractivity contribution < 1.29 is 14.0 Å². The fourth-order valence-electron chi connectivity index (χ4n) is 2.30. The first-order chi connectivity index (χ1) is 11.7. The van der Waals surface area contributed by atoms with Gasteiger partial charge in [0.15, 0.2) is 0 Å². The smallest absolute Gasteiger partial charge is 0.259 e. The summed E-state index contributed by atoms with van der Waals surface area (Å²) >= 11 is 2.57. The minimum absolute atomic E-state index is 0.110. The molecule has 0 saturated carbocycles. The molecule has 0 radical (unpaired) electrons. The molecule has 1 aromatic rings. The molecule has 0 unspecified atom stereocenters. The average Bonchev–Trinajstić information content (AvgIpc) is 2.44. The van der Waals surface area contributed by atoms with E-state index in [1.807, 2.05) is 0 Å². The Balaban J connectivity index is 1.99. The van der Waals surface area contributed by atoms with Gasteiger partial charge in [0.25, 0.3) is 5.91 Å². The predicted octanol–water partition coefficient (Wildman–Crippen LogP) is 3.08. The van der Waals surface area contributed by atoms with Crippen molar-refractivity contribution in [3.8, 4) is 0 Å². The van der Waals surface area contributed by atoms with Crippen LogP contribution < -0.4 is 11.1 Å². The zero-order chi connectivity index (χ0) is 18.6. The second-order valence-corrected chi connectivity index (χ2v) is 8.96. The number of carbonyl (C=O) groups excluding carboxylic acids is 2. The monoisotopic (exact) mass is 381 g/mol. The number of amides is 2. The normalized spacial score (nSPS) is 16.8. The summed E-state index contributed by atoms with van der Waals surface area (Å²) in [5.74, 6) is -2.00. The molecule has 2 rings (SSSR count). The van der Waals surface area contributed by atoms with Crippen molar-refractivity contribution in [2.75, 3.05) is 13.1 Å². The van der Waals surface area contributed by atoms with Crippen LogP contribution in [-0.2, 0) is 4.79 Å². The zero-order valence-electron chi connectivity index (χ0n) is 14.0. The molecule has 0 aromatic heterocycles. The van der Waals surface area contributed by atoms with Gasteiger partial charge in [-0.25, -0.2) is 8.70 Å². The lowest BCUT2D eigenvalue weighted by Crippen LogP contribution is -2.48. The van der Waals surface area contributed by atoms with Crippen LogP contribution in [0, 0.1) is 11.2 Å². The molecule has 134 valence electrons. The highest BCUT2D eigenvalue weighted by Crippen LogP contribution is 2.41. The first-order valence-electron chi connectivity index (χ1n) is 7.53. The minimum atomic E-state index is -0.709. The van der Waals surface area contributed by atoms with Crippen molar-refractivity contribution >= 4 is 35.5 Å². The van der Waals surface area contributed by atoms with Crippen molar-refractivity contribution in [1.82, 2.24) is 9.62 Å². The maximum absolute atomic E-state index is 13.7. The van der Waals surface area contributed by atoms with E-state index < -0.39 is 17.6 Å². The summed E-state index contributed by atoms with van der Waals surface area (Å²) in [4.78, 5) is 23.4. The van der Waals surface area contributed by atoms with Gasteiger partial charge in [0.2, 0.25) is 5.91 Å². The van der Waals surface area contributed by atoms with Gasteiger partial charge in [0.05, 0.1) is 14.8 Å². The van der Waals surface area contributed by atoms with E-state index in [9.17, 15) is 14.0 Å². The number of rotatable bonds is 7. The van der Waals surface area contributed by atoms with Crippen LogP contribution in [0.15, 0.2) is 46.2 Å². The Hall–Kier alpha value is -1.77. The quantitative estimate of drug-likeness (QED) is 0.561. The lowest BCUT2D eigenvalue weighted by molar-refractivity contribution is -0.113. The third-order valence-electron chi connectivity index (χ3n) is 3.29. The third kappa shape index (κ3) is 5.91. The number of hydrogen-bond acceptors (Lipinski definition) is 5. The maximum Gasteiger partial charge on any atom is 0.259 e. The number of primary amides is 1. The van der Waals surface area contributed by atoms with Gasteiger partial charge in [0.1, 0.15) is 5.82 Å². The number of carbonyl (C=O) groups is 2. The first-order valence-corrected chi connectivity index (χ1v) is 9.12. The third-order valence-corrected chi connectivity index (χ3v) is 5.15. The Bertz CT molecular complexity index is 726. The molecule has 1 aromatic carbocycles. The molecule has 1 heterocycles. The van der Waals surface area contributed by atoms with Crippen LogP contribution >= 0.6 is 23.7 Å². The molecule has 0 atom stereocenters. The summed E-state index contributed by atoms with van der Waals surface area (Å²) in [5, 5.41) is 2.72. The molecule has 0 bridgehead atoms. The molecule has 1 aliphatic rings. The van der Waals surface area contributed by atoms with Crippen molar-refractivity contribution in [1.29, 1.82) is 0 Å².